The second-order valence-electron chi connectivity index (χ2n) is 14.5. The minimum absolute atomic E-state index is 0.896. The molecule has 0 N–H and O–H groups in total. The van der Waals surface area contributed by atoms with Crippen molar-refractivity contribution < 1.29 is 4.42 Å². The topological polar surface area (TPSA) is 16.4 Å². The van der Waals surface area contributed by atoms with Crippen molar-refractivity contribution in [2.24, 2.45) is 0 Å². The number of fused-ring (bicyclic) bond motifs is 7. The summed E-state index contributed by atoms with van der Waals surface area (Å²) in [4.78, 5) is 2.36. The van der Waals surface area contributed by atoms with E-state index < -0.39 is 0 Å². The molecular formula is C54H35NO. The van der Waals surface area contributed by atoms with Crippen LogP contribution in [0, 0.1) is 0 Å². The van der Waals surface area contributed by atoms with Crippen molar-refractivity contribution in [3.05, 3.63) is 212 Å². The zero-order valence-corrected chi connectivity index (χ0v) is 30.6. The number of hydrogen-bond donors (Lipinski definition) is 0. The van der Waals surface area contributed by atoms with E-state index in [1.807, 2.05) is 12.1 Å². The molecule has 0 aliphatic heterocycles. The van der Waals surface area contributed by atoms with Gasteiger partial charge in [-0.2, -0.15) is 0 Å². The second kappa shape index (κ2) is 13.2. The fourth-order valence-corrected chi connectivity index (χ4v) is 8.54. The summed E-state index contributed by atoms with van der Waals surface area (Å²) in [6, 6.07) is 76.5. The highest BCUT2D eigenvalue weighted by Gasteiger charge is 2.17. The molecule has 10 aromatic carbocycles. The van der Waals surface area contributed by atoms with Crippen molar-refractivity contribution in [2.45, 2.75) is 0 Å². The van der Waals surface area contributed by atoms with Crippen LogP contribution in [-0.4, -0.2) is 0 Å². The van der Waals surface area contributed by atoms with Crippen LogP contribution in [-0.2, 0) is 0 Å². The predicted molar refractivity (Wildman–Crippen MR) is 237 cm³/mol. The number of hydrogen-bond acceptors (Lipinski definition) is 2. The van der Waals surface area contributed by atoms with E-state index in [-0.39, 0.29) is 0 Å². The van der Waals surface area contributed by atoms with Crippen LogP contribution in [0.3, 0.4) is 0 Å². The lowest BCUT2D eigenvalue weighted by Gasteiger charge is -2.26. The van der Waals surface area contributed by atoms with Crippen LogP contribution in [0.4, 0.5) is 17.1 Å². The molecule has 1 aromatic heterocycles. The van der Waals surface area contributed by atoms with Crippen molar-refractivity contribution in [3.63, 3.8) is 0 Å². The van der Waals surface area contributed by atoms with Crippen LogP contribution in [0.25, 0.3) is 87.6 Å². The number of rotatable bonds is 6. The molecule has 0 unspecified atom stereocenters. The third kappa shape index (κ3) is 5.42. The fraction of sp³-hybridized carbons (Fsp3) is 0. The van der Waals surface area contributed by atoms with Crippen molar-refractivity contribution in [2.75, 3.05) is 4.90 Å². The Morgan fingerprint density at radius 2 is 0.857 bits per heavy atom. The fourth-order valence-electron chi connectivity index (χ4n) is 8.54. The van der Waals surface area contributed by atoms with Crippen LogP contribution in [0.1, 0.15) is 0 Å². The highest BCUT2D eigenvalue weighted by molar-refractivity contribution is 6.13. The van der Waals surface area contributed by atoms with Crippen molar-refractivity contribution in [3.8, 4) is 33.4 Å². The Morgan fingerprint density at radius 1 is 0.286 bits per heavy atom. The second-order valence-corrected chi connectivity index (χ2v) is 14.5. The minimum Gasteiger partial charge on any atom is -0.456 e. The van der Waals surface area contributed by atoms with E-state index in [2.05, 4.69) is 205 Å². The van der Waals surface area contributed by atoms with Gasteiger partial charge >= 0.3 is 0 Å². The smallest absolute Gasteiger partial charge is 0.136 e. The molecule has 0 saturated heterocycles. The normalized spacial score (nSPS) is 11.6. The molecule has 0 aliphatic carbocycles. The van der Waals surface area contributed by atoms with Crippen LogP contribution in [0.15, 0.2) is 217 Å². The Balaban J connectivity index is 1.02. The van der Waals surface area contributed by atoms with Gasteiger partial charge in [0.15, 0.2) is 0 Å². The lowest BCUT2D eigenvalue weighted by Crippen LogP contribution is -2.10. The van der Waals surface area contributed by atoms with E-state index in [9.17, 15) is 0 Å². The molecule has 11 rings (SSSR count). The van der Waals surface area contributed by atoms with E-state index in [0.29, 0.717) is 0 Å². The number of furan rings is 1. The summed E-state index contributed by atoms with van der Waals surface area (Å²) >= 11 is 0. The number of benzene rings is 10. The van der Waals surface area contributed by atoms with Gasteiger partial charge in [-0.25, -0.2) is 0 Å². The van der Waals surface area contributed by atoms with Gasteiger partial charge in [0.05, 0.1) is 0 Å². The largest absolute Gasteiger partial charge is 0.456 e. The molecule has 2 heteroatoms. The quantitative estimate of drug-likeness (QED) is 0.160. The Kier molecular flexibility index (Phi) is 7.53. The van der Waals surface area contributed by atoms with Gasteiger partial charge < -0.3 is 9.32 Å². The molecule has 1 heterocycles. The van der Waals surface area contributed by atoms with Crippen LogP contribution >= 0.6 is 0 Å². The first-order valence-corrected chi connectivity index (χ1v) is 19.2. The third-order valence-corrected chi connectivity index (χ3v) is 11.2. The molecule has 0 aliphatic rings. The molecule has 0 fully saturated rings. The Hall–Kier alpha value is -7.42. The number of para-hydroxylation sites is 1. The maximum absolute atomic E-state index is 6.29. The zero-order chi connectivity index (χ0) is 37.0. The van der Waals surface area contributed by atoms with Gasteiger partial charge in [0.1, 0.15) is 11.2 Å². The maximum Gasteiger partial charge on any atom is 0.136 e. The van der Waals surface area contributed by atoms with Gasteiger partial charge in [-0.3, -0.25) is 0 Å². The average Bonchev–Trinajstić information content (AvgIpc) is 3.66. The Bertz CT molecular complexity index is 3240. The van der Waals surface area contributed by atoms with E-state index in [1.54, 1.807) is 0 Å². The highest BCUT2D eigenvalue weighted by atomic mass is 16.3. The van der Waals surface area contributed by atoms with Crippen LogP contribution in [0.2, 0.25) is 0 Å². The molecule has 262 valence electrons. The van der Waals surface area contributed by atoms with Crippen molar-refractivity contribution in [1.82, 2.24) is 0 Å². The third-order valence-electron chi connectivity index (χ3n) is 11.2. The average molecular weight is 714 g/mol. The molecular weight excluding hydrogens is 679 g/mol. The summed E-state index contributed by atoms with van der Waals surface area (Å²) in [7, 11) is 0. The van der Waals surface area contributed by atoms with Crippen LogP contribution in [0.5, 0.6) is 0 Å². The zero-order valence-electron chi connectivity index (χ0n) is 30.6. The van der Waals surface area contributed by atoms with E-state index >= 15 is 0 Å². The molecule has 11 aromatic rings. The van der Waals surface area contributed by atoms with Gasteiger partial charge in [-0.1, -0.05) is 158 Å². The predicted octanol–water partition coefficient (Wildman–Crippen LogP) is 15.5. The molecule has 56 heavy (non-hydrogen) atoms. The molecule has 0 spiro atoms. The van der Waals surface area contributed by atoms with Crippen LogP contribution < -0.4 is 4.90 Å². The molecule has 2 nitrogen and oxygen atoms in total. The summed E-state index contributed by atoms with van der Waals surface area (Å²) in [5, 5.41) is 9.84. The first-order valence-electron chi connectivity index (χ1n) is 19.2. The number of nitrogens with zero attached hydrogens (tertiary/aromatic N) is 1. The Morgan fingerprint density at radius 3 is 1.68 bits per heavy atom. The standard InChI is InChI=1S/C54H35NO/c1-3-15-46-37(10-1)12-8-18-48(46)39-26-31-44(32-27-39)55(45-14-7-13-41(35-45)50-19-9-21-53-54(50)51-17-5-6-20-52(51)56-53)43-29-24-36(25-30-43)40-28-33-49-42(34-40)23-22-38-11-2-4-16-47(38)49/h1-35H. The molecule has 0 saturated carbocycles. The summed E-state index contributed by atoms with van der Waals surface area (Å²) in [6.07, 6.45) is 0. The van der Waals surface area contributed by atoms with Crippen molar-refractivity contribution in [1.29, 1.82) is 0 Å². The lowest BCUT2D eigenvalue weighted by molar-refractivity contribution is 0.669. The monoisotopic (exact) mass is 713 g/mol. The molecule has 0 bridgehead atoms. The molecule has 0 amide bonds. The summed E-state index contributed by atoms with van der Waals surface area (Å²) < 4.78 is 6.29. The summed E-state index contributed by atoms with van der Waals surface area (Å²) in [6.45, 7) is 0. The first kappa shape index (κ1) is 32.0. The Labute approximate surface area is 325 Å². The van der Waals surface area contributed by atoms with E-state index in [0.717, 1.165) is 50.1 Å². The van der Waals surface area contributed by atoms with Gasteiger partial charge in [-0.05, 0) is 120 Å². The number of anilines is 3. The lowest BCUT2D eigenvalue weighted by atomic mass is 9.97. The van der Waals surface area contributed by atoms with Gasteiger partial charge in [0.25, 0.3) is 0 Å². The van der Waals surface area contributed by atoms with E-state index in [1.165, 1.54) is 54.6 Å². The van der Waals surface area contributed by atoms with Gasteiger partial charge in [-0.15, -0.1) is 0 Å². The summed E-state index contributed by atoms with van der Waals surface area (Å²) in [5.41, 5.74) is 12.1. The van der Waals surface area contributed by atoms with Gasteiger partial charge in [0.2, 0.25) is 0 Å². The first-order chi connectivity index (χ1) is 27.7. The van der Waals surface area contributed by atoms with Crippen molar-refractivity contribution >= 4 is 71.3 Å². The minimum atomic E-state index is 0.896. The summed E-state index contributed by atoms with van der Waals surface area (Å²) in [5.74, 6) is 0. The SMILES string of the molecule is c1cc(-c2cccc3oc4ccccc4c23)cc(N(c2ccc(-c3ccc4c(ccc5ccccc54)c3)cc2)c2ccc(-c3cccc4ccccc34)cc2)c1. The molecule has 0 radical (unpaired) electrons. The maximum atomic E-state index is 6.29. The van der Waals surface area contributed by atoms with Gasteiger partial charge in [0, 0.05) is 27.8 Å². The molecule has 0 atom stereocenters. The van der Waals surface area contributed by atoms with E-state index in [4.69, 9.17) is 4.42 Å². The highest BCUT2D eigenvalue weighted by Crippen LogP contribution is 2.42.